The number of hydrogen-bond acceptors (Lipinski definition) is 3. The monoisotopic (exact) mass is 411 g/mol. The summed E-state index contributed by atoms with van der Waals surface area (Å²) in [6.45, 7) is 7.09. The first-order chi connectivity index (χ1) is 13.9. The summed E-state index contributed by atoms with van der Waals surface area (Å²) in [5.41, 5.74) is 4.82. The summed E-state index contributed by atoms with van der Waals surface area (Å²) in [5, 5.41) is 10.3. The molecule has 0 amide bonds. The van der Waals surface area contributed by atoms with Crippen LogP contribution in [0, 0.1) is 12.8 Å². The molecule has 0 aliphatic carbocycles. The zero-order valence-corrected chi connectivity index (χ0v) is 18.4. The van der Waals surface area contributed by atoms with E-state index in [2.05, 4.69) is 54.8 Å². The average molecular weight is 412 g/mol. The van der Waals surface area contributed by atoms with Crippen LogP contribution >= 0.6 is 11.8 Å². The van der Waals surface area contributed by atoms with Gasteiger partial charge in [-0.3, -0.25) is 4.79 Å². The topological polar surface area (TPSA) is 51.5 Å². The van der Waals surface area contributed by atoms with E-state index in [0.717, 1.165) is 35.4 Å². The Kier molecular flexibility index (Phi) is 6.91. The molecule has 3 rings (SSSR count). The Morgan fingerprint density at radius 1 is 1.21 bits per heavy atom. The number of benzene rings is 2. The third kappa shape index (κ3) is 4.96. The van der Waals surface area contributed by atoms with E-state index in [1.807, 2.05) is 24.8 Å². The first-order valence-electron chi connectivity index (χ1n) is 10.0. The molecule has 29 heavy (non-hydrogen) atoms. The van der Waals surface area contributed by atoms with Crippen LogP contribution in [-0.4, -0.2) is 28.5 Å². The standard InChI is InChI=1S/C24H29NO3S/c1-5-29-20-9-6-18(7-10-20)15-25-17(3)21(12-16(2)13-24(26)27)22-14-19(28-4)8-11-23(22)25/h6-11,14,16H,5,12-13,15H2,1-4H3,(H,26,27). The number of ether oxygens (including phenoxy) is 1. The minimum absolute atomic E-state index is 0.0711. The molecule has 0 aliphatic rings. The smallest absolute Gasteiger partial charge is 0.303 e. The summed E-state index contributed by atoms with van der Waals surface area (Å²) in [6, 6.07) is 14.9. The minimum Gasteiger partial charge on any atom is -0.497 e. The van der Waals surface area contributed by atoms with Gasteiger partial charge in [-0.2, -0.15) is 0 Å². The van der Waals surface area contributed by atoms with Gasteiger partial charge in [0.2, 0.25) is 0 Å². The summed E-state index contributed by atoms with van der Waals surface area (Å²) < 4.78 is 7.78. The molecule has 0 saturated carbocycles. The molecular weight excluding hydrogens is 382 g/mol. The van der Waals surface area contributed by atoms with Crippen LogP contribution in [0.4, 0.5) is 0 Å². The SMILES string of the molecule is CCSc1ccc(Cn2c(C)c(CC(C)CC(=O)O)c3cc(OC)ccc32)cc1. The molecule has 0 aliphatic heterocycles. The predicted molar refractivity (Wildman–Crippen MR) is 120 cm³/mol. The van der Waals surface area contributed by atoms with Crippen molar-refractivity contribution in [3.05, 3.63) is 59.3 Å². The van der Waals surface area contributed by atoms with Crippen LogP contribution in [0.25, 0.3) is 10.9 Å². The second-order valence-electron chi connectivity index (χ2n) is 7.52. The number of fused-ring (bicyclic) bond motifs is 1. The third-order valence-corrected chi connectivity index (χ3v) is 6.21. The number of carbonyl (C=O) groups is 1. The fourth-order valence-corrected chi connectivity index (χ4v) is 4.54. The number of carboxylic acids is 1. The van der Waals surface area contributed by atoms with E-state index in [4.69, 9.17) is 9.84 Å². The van der Waals surface area contributed by atoms with Gasteiger partial charge >= 0.3 is 5.97 Å². The van der Waals surface area contributed by atoms with Gasteiger partial charge in [0.1, 0.15) is 5.75 Å². The lowest BCUT2D eigenvalue weighted by molar-refractivity contribution is -0.137. The van der Waals surface area contributed by atoms with Crippen molar-refractivity contribution in [1.29, 1.82) is 0 Å². The first-order valence-corrected chi connectivity index (χ1v) is 11.0. The summed E-state index contributed by atoms with van der Waals surface area (Å²) >= 11 is 1.85. The highest BCUT2D eigenvalue weighted by Gasteiger charge is 2.18. The van der Waals surface area contributed by atoms with Crippen molar-refractivity contribution in [3.8, 4) is 5.75 Å². The number of hydrogen-bond donors (Lipinski definition) is 1. The molecule has 1 aromatic heterocycles. The highest BCUT2D eigenvalue weighted by Crippen LogP contribution is 2.32. The number of thioether (sulfide) groups is 1. The number of rotatable bonds is 9. The molecule has 2 aromatic carbocycles. The molecule has 1 N–H and O–H groups in total. The van der Waals surface area contributed by atoms with E-state index < -0.39 is 5.97 Å². The van der Waals surface area contributed by atoms with E-state index in [1.54, 1.807) is 7.11 Å². The van der Waals surface area contributed by atoms with Gasteiger partial charge in [-0.15, -0.1) is 11.8 Å². The summed E-state index contributed by atoms with van der Waals surface area (Å²) in [7, 11) is 1.67. The Balaban J connectivity index is 2.00. The molecule has 0 saturated heterocycles. The van der Waals surface area contributed by atoms with Crippen LogP contribution in [0.3, 0.4) is 0 Å². The van der Waals surface area contributed by atoms with Crippen LogP contribution in [0.2, 0.25) is 0 Å². The van der Waals surface area contributed by atoms with Crippen LogP contribution in [0.15, 0.2) is 47.4 Å². The average Bonchev–Trinajstić information content (AvgIpc) is 2.94. The molecule has 0 spiro atoms. The van der Waals surface area contributed by atoms with Gasteiger partial charge in [-0.25, -0.2) is 0 Å². The highest BCUT2D eigenvalue weighted by molar-refractivity contribution is 7.99. The fraction of sp³-hybridized carbons (Fsp3) is 0.375. The van der Waals surface area contributed by atoms with Crippen LogP contribution < -0.4 is 4.74 Å². The van der Waals surface area contributed by atoms with E-state index >= 15 is 0 Å². The van der Waals surface area contributed by atoms with E-state index in [-0.39, 0.29) is 12.3 Å². The van der Waals surface area contributed by atoms with Crippen molar-refractivity contribution in [2.75, 3.05) is 12.9 Å². The van der Waals surface area contributed by atoms with Gasteiger partial charge < -0.3 is 14.4 Å². The molecule has 5 heteroatoms. The maximum Gasteiger partial charge on any atom is 0.303 e. The second kappa shape index (κ2) is 9.40. The van der Waals surface area contributed by atoms with E-state index in [1.165, 1.54) is 21.7 Å². The van der Waals surface area contributed by atoms with Crippen LogP contribution in [0.5, 0.6) is 5.75 Å². The van der Waals surface area contributed by atoms with Crippen molar-refractivity contribution >= 4 is 28.6 Å². The normalized spacial score (nSPS) is 12.3. The quantitative estimate of drug-likeness (QED) is 0.454. The molecule has 3 aromatic rings. The molecule has 154 valence electrons. The number of carboxylic acid groups (broad SMARTS) is 1. The summed E-state index contributed by atoms with van der Waals surface area (Å²) in [6.07, 6.45) is 0.910. The summed E-state index contributed by atoms with van der Waals surface area (Å²) in [4.78, 5) is 12.4. The molecule has 1 unspecified atom stereocenters. The van der Waals surface area contributed by atoms with Crippen molar-refractivity contribution in [2.24, 2.45) is 5.92 Å². The number of aliphatic carboxylic acids is 1. The lowest BCUT2D eigenvalue weighted by Crippen LogP contribution is -2.08. The number of aromatic nitrogens is 1. The fourth-order valence-electron chi connectivity index (χ4n) is 3.88. The maximum atomic E-state index is 11.1. The second-order valence-corrected chi connectivity index (χ2v) is 8.85. The zero-order chi connectivity index (χ0) is 21.0. The largest absolute Gasteiger partial charge is 0.497 e. The molecule has 4 nitrogen and oxygen atoms in total. The molecule has 0 bridgehead atoms. The van der Waals surface area contributed by atoms with Crippen molar-refractivity contribution in [1.82, 2.24) is 4.57 Å². The van der Waals surface area contributed by atoms with Crippen molar-refractivity contribution in [2.45, 2.75) is 45.1 Å². The zero-order valence-electron chi connectivity index (χ0n) is 17.6. The lowest BCUT2D eigenvalue weighted by atomic mass is 9.96. The van der Waals surface area contributed by atoms with Gasteiger partial charge in [0, 0.05) is 34.5 Å². The maximum absolute atomic E-state index is 11.1. The predicted octanol–water partition coefficient (Wildman–Crippen LogP) is 5.77. The highest BCUT2D eigenvalue weighted by atomic mass is 32.2. The Morgan fingerprint density at radius 3 is 2.55 bits per heavy atom. The minimum atomic E-state index is -0.749. The lowest BCUT2D eigenvalue weighted by Gasteiger charge is -2.11. The number of methoxy groups -OCH3 is 1. The van der Waals surface area contributed by atoms with E-state index in [0.29, 0.717) is 0 Å². The van der Waals surface area contributed by atoms with Gasteiger partial charge in [0.25, 0.3) is 0 Å². The molecule has 0 radical (unpaired) electrons. The van der Waals surface area contributed by atoms with Gasteiger partial charge in [-0.1, -0.05) is 26.0 Å². The molecule has 1 heterocycles. The molecular formula is C24H29NO3S. The van der Waals surface area contributed by atoms with Crippen molar-refractivity contribution < 1.29 is 14.6 Å². The Bertz CT molecular complexity index is 992. The molecule has 1 atom stereocenters. The van der Waals surface area contributed by atoms with Crippen LogP contribution in [-0.2, 0) is 17.8 Å². The Labute approximate surface area is 176 Å². The van der Waals surface area contributed by atoms with Gasteiger partial charge in [-0.05, 0) is 66.5 Å². The van der Waals surface area contributed by atoms with Gasteiger partial charge in [0.05, 0.1) is 7.11 Å². The van der Waals surface area contributed by atoms with E-state index in [9.17, 15) is 4.79 Å². The Morgan fingerprint density at radius 2 is 1.93 bits per heavy atom. The summed E-state index contributed by atoms with van der Waals surface area (Å²) in [5.74, 6) is 1.21. The van der Waals surface area contributed by atoms with Crippen molar-refractivity contribution in [3.63, 3.8) is 0 Å². The first kappa shape index (κ1) is 21.3. The molecule has 0 fully saturated rings. The Hall–Kier alpha value is -2.40. The number of nitrogens with zero attached hydrogens (tertiary/aromatic N) is 1. The third-order valence-electron chi connectivity index (χ3n) is 5.31. The van der Waals surface area contributed by atoms with Crippen LogP contribution in [0.1, 0.15) is 37.1 Å². The van der Waals surface area contributed by atoms with Gasteiger partial charge in [0.15, 0.2) is 0 Å².